The molecule has 108 valence electrons. The van der Waals surface area contributed by atoms with E-state index in [1.54, 1.807) is 24.3 Å². The Morgan fingerprint density at radius 3 is 2.24 bits per heavy atom. The minimum absolute atomic E-state index is 0.222. The van der Waals surface area contributed by atoms with Crippen molar-refractivity contribution < 1.29 is 8.42 Å². The van der Waals surface area contributed by atoms with Crippen LogP contribution in [0.25, 0.3) is 0 Å². The van der Waals surface area contributed by atoms with Crippen LogP contribution in [0.2, 0.25) is 5.02 Å². The lowest BCUT2D eigenvalue weighted by Crippen LogP contribution is -2.24. The SMILES string of the molecule is CS(=O)(=O)N(C#Cc1ccc(Cl)cc1)Cc1ccccc1. The summed E-state index contributed by atoms with van der Waals surface area (Å²) >= 11 is 5.80. The van der Waals surface area contributed by atoms with E-state index < -0.39 is 10.0 Å². The monoisotopic (exact) mass is 319 g/mol. The molecule has 5 heteroatoms. The van der Waals surface area contributed by atoms with E-state index in [2.05, 4.69) is 12.0 Å². The van der Waals surface area contributed by atoms with E-state index in [-0.39, 0.29) is 6.54 Å². The molecule has 0 heterocycles. The topological polar surface area (TPSA) is 37.4 Å². The van der Waals surface area contributed by atoms with E-state index in [0.717, 1.165) is 16.1 Å². The van der Waals surface area contributed by atoms with Gasteiger partial charge in [0, 0.05) is 16.6 Å². The first kappa shape index (κ1) is 15.4. The fourth-order valence-corrected chi connectivity index (χ4v) is 2.37. The van der Waals surface area contributed by atoms with Gasteiger partial charge in [-0.1, -0.05) is 41.9 Å². The minimum Gasteiger partial charge on any atom is -0.224 e. The lowest BCUT2D eigenvalue weighted by molar-refractivity contribution is 0.515. The normalized spacial score (nSPS) is 10.6. The molecule has 0 spiro atoms. The largest absolute Gasteiger partial charge is 0.239 e. The summed E-state index contributed by atoms with van der Waals surface area (Å²) in [5, 5.41) is 0.616. The van der Waals surface area contributed by atoms with Crippen molar-refractivity contribution in [3.63, 3.8) is 0 Å². The van der Waals surface area contributed by atoms with E-state index in [1.165, 1.54) is 0 Å². The van der Waals surface area contributed by atoms with Gasteiger partial charge in [0.2, 0.25) is 10.0 Å². The Balaban J connectivity index is 2.24. The summed E-state index contributed by atoms with van der Waals surface area (Å²) < 4.78 is 24.8. The van der Waals surface area contributed by atoms with Gasteiger partial charge >= 0.3 is 0 Å². The number of hydrogen-bond acceptors (Lipinski definition) is 2. The minimum atomic E-state index is -3.41. The lowest BCUT2D eigenvalue weighted by Gasteiger charge is -2.14. The van der Waals surface area contributed by atoms with Gasteiger partial charge in [-0.2, -0.15) is 0 Å². The van der Waals surface area contributed by atoms with E-state index in [4.69, 9.17) is 11.6 Å². The molecular formula is C16H14ClNO2S. The second-order valence-corrected chi connectivity index (χ2v) is 6.84. The van der Waals surface area contributed by atoms with E-state index in [1.807, 2.05) is 30.3 Å². The second kappa shape index (κ2) is 6.66. The van der Waals surface area contributed by atoms with Crippen LogP contribution in [-0.4, -0.2) is 19.0 Å². The van der Waals surface area contributed by atoms with Crippen LogP contribution in [0, 0.1) is 12.0 Å². The highest BCUT2D eigenvalue weighted by Crippen LogP contribution is 2.10. The molecule has 2 rings (SSSR count). The number of halogens is 1. The van der Waals surface area contributed by atoms with Crippen LogP contribution in [0.3, 0.4) is 0 Å². The van der Waals surface area contributed by atoms with Gasteiger partial charge in [0.1, 0.15) is 0 Å². The van der Waals surface area contributed by atoms with Crippen LogP contribution in [0.4, 0.5) is 0 Å². The summed E-state index contributed by atoms with van der Waals surface area (Å²) in [4.78, 5) is 0. The Kier molecular flexibility index (Phi) is 4.89. The molecule has 2 aromatic carbocycles. The summed E-state index contributed by atoms with van der Waals surface area (Å²) in [7, 11) is -3.41. The highest BCUT2D eigenvalue weighted by Gasteiger charge is 2.12. The Morgan fingerprint density at radius 2 is 1.67 bits per heavy atom. The predicted molar refractivity (Wildman–Crippen MR) is 85.2 cm³/mol. The summed E-state index contributed by atoms with van der Waals surface area (Å²) in [5.41, 5.74) is 1.59. The summed E-state index contributed by atoms with van der Waals surface area (Å²) in [6.45, 7) is 0.222. The molecule has 0 aliphatic heterocycles. The molecule has 0 saturated carbocycles. The maximum absolute atomic E-state index is 11.8. The summed E-state index contributed by atoms with van der Waals surface area (Å²) in [5.74, 6) is 2.84. The van der Waals surface area contributed by atoms with E-state index in [9.17, 15) is 8.42 Å². The third-order valence-electron chi connectivity index (χ3n) is 2.74. The van der Waals surface area contributed by atoms with Crippen LogP contribution in [0.15, 0.2) is 54.6 Å². The van der Waals surface area contributed by atoms with Crippen LogP contribution in [0.5, 0.6) is 0 Å². The molecule has 0 atom stereocenters. The third kappa shape index (κ3) is 4.82. The smallest absolute Gasteiger partial charge is 0.224 e. The van der Waals surface area contributed by atoms with Gasteiger partial charge in [-0.15, -0.1) is 0 Å². The van der Waals surface area contributed by atoms with Crippen molar-refractivity contribution in [2.75, 3.05) is 6.26 Å². The first-order valence-electron chi connectivity index (χ1n) is 6.24. The first-order valence-corrected chi connectivity index (χ1v) is 8.46. The van der Waals surface area contributed by atoms with Gasteiger partial charge in [-0.3, -0.25) is 0 Å². The van der Waals surface area contributed by atoms with Crippen molar-refractivity contribution in [3.05, 3.63) is 70.7 Å². The fraction of sp³-hybridized carbons (Fsp3) is 0.125. The Morgan fingerprint density at radius 1 is 1.05 bits per heavy atom. The van der Waals surface area contributed by atoms with E-state index >= 15 is 0 Å². The maximum Gasteiger partial charge on any atom is 0.239 e. The molecule has 0 amide bonds. The first-order chi connectivity index (χ1) is 9.95. The van der Waals surface area contributed by atoms with Gasteiger partial charge in [0.05, 0.1) is 12.8 Å². The number of nitrogens with zero attached hydrogens (tertiary/aromatic N) is 1. The lowest BCUT2D eigenvalue weighted by atomic mass is 10.2. The second-order valence-electron chi connectivity index (χ2n) is 4.50. The molecule has 0 aliphatic carbocycles. The quantitative estimate of drug-likeness (QED) is 0.644. The van der Waals surface area contributed by atoms with Gasteiger partial charge in [-0.25, -0.2) is 12.7 Å². The van der Waals surface area contributed by atoms with Crippen molar-refractivity contribution in [3.8, 4) is 12.0 Å². The molecule has 0 unspecified atom stereocenters. The average molecular weight is 320 g/mol. The maximum atomic E-state index is 11.8. The van der Waals surface area contributed by atoms with Crippen LogP contribution < -0.4 is 0 Å². The van der Waals surface area contributed by atoms with Crippen LogP contribution in [0.1, 0.15) is 11.1 Å². The highest BCUT2D eigenvalue weighted by atomic mass is 35.5. The zero-order valence-corrected chi connectivity index (χ0v) is 13.0. The van der Waals surface area contributed by atoms with Crippen molar-refractivity contribution >= 4 is 21.6 Å². The van der Waals surface area contributed by atoms with Crippen LogP contribution >= 0.6 is 11.6 Å². The van der Waals surface area contributed by atoms with Crippen LogP contribution in [-0.2, 0) is 16.6 Å². The fourth-order valence-electron chi connectivity index (χ4n) is 1.65. The Labute approximate surface area is 130 Å². The van der Waals surface area contributed by atoms with E-state index in [0.29, 0.717) is 10.6 Å². The molecule has 21 heavy (non-hydrogen) atoms. The van der Waals surface area contributed by atoms with Crippen molar-refractivity contribution in [2.24, 2.45) is 0 Å². The average Bonchev–Trinajstić information content (AvgIpc) is 2.45. The highest BCUT2D eigenvalue weighted by molar-refractivity contribution is 7.88. The molecule has 2 aromatic rings. The molecule has 0 saturated heterocycles. The number of rotatable bonds is 3. The third-order valence-corrected chi connectivity index (χ3v) is 4.01. The molecule has 0 fully saturated rings. The van der Waals surface area contributed by atoms with Gasteiger partial charge < -0.3 is 0 Å². The zero-order valence-electron chi connectivity index (χ0n) is 11.5. The standard InChI is InChI=1S/C16H14ClNO2S/c1-21(19,20)18(13-15-5-3-2-4-6-15)12-11-14-7-9-16(17)10-8-14/h2-10H,13H2,1H3. The predicted octanol–water partition coefficient (Wildman–Crippen LogP) is 3.11. The molecule has 3 nitrogen and oxygen atoms in total. The number of benzene rings is 2. The molecule has 0 radical (unpaired) electrons. The molecule has 0 bridgehead atoms. The van der Waals surface area contributed by atoms with Gasteiger partial charge in [0.15, 0.2) is 0 Å². The van der Waals surface area contributed by atoms with Gasteiger partial charge in [-0.05, 0) is 35.7 Å². The molecule has 0 aliphatic rings. The number of sulfonamides is 1. The Hall–Kier alpha value is -1.96. The van der Waals surface area contributed by atoms with Crippen molar-refractivity contribution in [1.82, 2.24) is 4.31 Å². The number of hydrogen-bond donors (Lipinski definition) is 0. The molecule has 0 N–H and O–H groups in total. The molecule has 0 aromatic heterocycles. The zero-order chi connectivity index (χ0) is 15.3. The molecular weight excluding hydrogens is 306 g/mol. The Bertz CT molecular complexity index is 759. The van der Waals surface area contributed by atoms with Crippen molar-refractivity contribution in [2.45, 2.75) is 6.54 Å². The van der Waals surface area contributed by atoms with Gasteiger partial charge in [0.25, 0.3) is 0 Å². The van der Waals surface area contributed by atoms with Crippen molar-refractivity contribution in [1.29, 1.82) is 0 Å². The summed E-state index contributed by atoms with van der Waals surface area (Å²) in [6, 6.07) is 19.0. The summed E-state index contributed by atoms with van der Waals surface area (Å²) in [6.07, 6.45) is 1.15.